The lowest BCUT2D eigenvalue weighted by molar-refractivity contribution is -0.117. The maximum atomic E-state index is 13.7. The molecule has 1 atom stereocenters. The number of carbonyl (C=O) groups excluding carboxylic acids is 1. The number of amides is 1. The van der Waals surface area contributed by atoms with Crippen molar-refractivity contribution in [3.63, 3.8) is 0 Å². The van der Waals surface area contributed by atoms with Gasteiger partial charge in [-0.2, -0.15) is 0 Å². The van der Waals surface area contributed by atoms with Crippen LogP contribution >= 0.6 is 0 Å². The van der Waals surface area contributed by atoms with Gasteiger partial charge in [0.25, 0.3) is 0 Å². The van der Waals surface area contributed by atoms with Crippen LogP contribution in [0.5, 0.6) is 5.75 Å². The highest BCUT2D eigenvalue weighted by molar-refractivity contribution is 5.92. The molecule has 25 heavy (non-hydrogen) atoms. The average Bonchev–Trinajstić information content (AvgIpc) is 2.60. The van der Waals surface area contributed by atoms with E-state index in [1.165, 1.54) is 25.3 Å². The minimum absolute atomic E-state index is 0.124. The minimum Gasteiger partial charge on any atom is -0.494 e. The highest BCUT2D eigenvalue weighted by atomic mass is 19.1. The zero-order chi connectivity index (χ0) is 18.2. The first-order valence-electron chi connectivity index (χ1n) is 8.01. The van der Waals surface area contributed by atoms with Gasteiger partial charge < -0.3 is 15.0 Å². The predicted molar refractivity (Wildman–Crippen MR) is 97.9 cm³/mol. The minimum atomic E-state index is -0.458. The molecule has 1 N–H and O–H groups in total. The quantitative estimate of drug-likeness (QED) is 0.785. The Balaban J connectivity index is 2.06. The Bertz CT molecular complexity index is 730. The summed E-state index contributed by atoms with van der Waals surface area (Å²) >= 11 is 0. The van der Waals surface area contributed by atoms with Gasteiger partial charge in [-0.05, 0) is 43.4 Å². The Morgan fingerprint density at radius 1 is 1.24 bits per heavy atom. The molecule has 0 heterocycles. The molecule has 2 rings (SSSR count). The fourth-order valence-corrected chi connectivity index (χ4v) is 2.46. The van der Waals surface area contributed by atoms with E-state index in [1.807, 2.05) is 49.3 Å². The highest BCUT2D eigenvalue weighted by Crippen LogP contribution is 2.18. The number of hydrogen-bond acceptors (Lipinski definition) is 3. The standard InChI is InChI=1S/C20H23FN2O2/c1-23(2)14-18(16-7-5-4-6-8-16)22-20(24)12-10-15-9-11-19(25-3)17(21)13-15/h4-13,18H,14H2,1-3H3,(H,22,24)/b12-10+. The van der Waals surface area contributed by atoms with Crippen LogP contribution in [0.1, 0.15) is 17.2 Å². The summed E-state index contributed by atoms with van der Waals surface area (Å²) in [5.74, 6) is -0.511. The van der Waals surface area contributed by atoms with E-state index in [4.69, 9.17) is 4.74 Å². The van der Waals surface area contributed by atoms with Crippen LogP contribution in [0.3, 0.4) is 0 Å². The van der Waals surface area contributed by atoms with E-state index in [2.05, 4.69) is 5.32 Å². The van der Waals surface area contributed by atoms with Crippen molar-refractivity contribution >= 4 is 12.0 Å². The molecule has 0 fully saturated rings. The number of nitrogens with one attached hydrogen (secondary N) is 1. The summed E-state index contributed by atoms with van der Waals surface area (Å²) in [6.07, 6.45) is 2.99. The lowest BCUT2D eigenvalue weighted by atomic mass is 10.1. The predicted octanol–water partition coefficient (Wildman–Crippen LogP) is 3.27. The molecule has 0 aromatic heterocycles. The molecule has 0 spiro atoms. The number of ether oxygens (including phenoxy) is 1. The molecule has 1 amide bonds. The molecule has 5 heteroatoms. The van der Waals surface area contributed by atoms with E-state index < -0.39 is 5.82 Å². The van der Waals surface area contributed by atoms with Crippen molar-refractivity contribution in [2.75, 3.05) is 27.7 Å². The van der Waals surface area contributed by atoms with Crippen molar-refractivity contribution in [2.24, 2.45) is 0 Å². The smallest absolute Gasteiger partial charge is 0.244 e. The fraction of sp³-hybridized carbons (Fsp3) is 0.250. The molecule has 0 saturated heterocycles. The van der Waals surface area contributed by atoms with Crippen LogP contribution in [0.15, 0.2) is 54.6 Å². The molecule has 2 aromatic carbocycles. The zero-order valence-electron chi connectivity index (χ0n) is 14.7. The number of benzene rings is 2. The summed E-state index contributed by atoms with van der Waals surface area (Å²) in [5, 5.41) is 2.99. The van der Waals surface area contributed by atoms with Crippen molar-refractivity contribution < 1.29 is 13.9 Å². The maximum absolute atomic E-state index is 13.7. The molecular weight excluding hydrogens is 319 g/mol. The molecule has 0 aliphatic heterocycles. The second kappa shape index (κ2) is 8.99. The SMILES string of the molecule is COc1ccc(/C=C/C(=O)NC(CN(C)C)c2ccccc2)cc1F. The van der Waals surface area contributed by atoms with Gasteiger partial charge in [-0.1, -0.05) is 36.4 Å². The van der Waals surface area contributed by atoms with Crippen molar-refractivity contribution in [1.29, 1.82) is 0 Å². The summed E-state index contributed by atoms with van der Waals surface area (Å²) in [6, 6.07) is 14.2. The van der Waals surface area contributed by atoms with E-state index in [-0.39, 0.29) is 17.7 Å². The first kappa shape index (κ1) is 18.7. The van der Waals surface area contributed by atoms with Gasteiger partial charge in [0.15, 0.2) is 11.6 Å². The van der Waals surface area contributed by atoms with Gasteiger partial charge in [0.2, 0.25) is 5.91 Å². The fourth-order valence-electron chi connectivity index (χ4n) is 2.46. The first-order valence-corrected chi connectivity index (χ1v) is 8.01. The van der Waals surface area contributed by atoms with Crippen LogP contribution in [0.2, 0.25) is 0 Å². The summed E-state index contributed by atoms with van der Waals surface area (Å²) in [6.45, 7) is 0.681. The van der Waals surface area contributed by atoms with Crippen LogP contribution in [0, 0.1) is 5.82 Å². The number of rotatable bonds is 7. The molecule has 0 radical (unpaired) electrons. The summed E-state index contributed by atoms with van der Waals surface area (Å²) in [5.41, 5.74) is 1.63. The molecule has 132 valence electrons. The third-order valence-electron chi connectivity index (χ3n) is 3.67. The summed E-state index contributed by atoms with van der Waals surface area (Å²) in [4.78, 5) is 14.3. The third kappa shape index (κ3) is 5.72. The molecule has 4 nitrogen and oxygen atoms in total. The maximum Gasteiger partial charge on any atom is 0.244 e. The molecule has 0 saturated carbocycles. The Morgan fingerprint density at radius 3 is 2.56 bits per heavy atom. The number of halogens is 1. The molecule has 1 unspecified atom stereocenters. The topological polar surface area (TPSA) is 41.6 Å². The highest BCUT2D eigenvalue weighted by Gasteiger charge is 2.14. The largest absolute Gasteiger partial charge is 0.494 e. The number of hydrogen-bond donors (Lipinski definition) is 1. The van der Waals surface area contributed by atoms with Crippen molar-refractivity contribution in [3.05, 3.63) is 71.6 Å². The first-order chi connectivity index (χ1) is 12.0. The lowest BCUT2D eigenvalue weighted by Crippen LogP contribution is -2.34. The Kier molecular flexibility index (Phi) is 6.71. The van der Waals surface area contributed by atoms with Gasteiger partial charge in [-0.25, -0.2) is 4.39 Å². The van der Waals surface area contributed by atoms with E-state index in [0.717, 1.165) is 5.56 Å². The summed E-state index contributed by atoms with van der Waals surface area (Å²) < 4.78 is 18.6. The van der Waals surface area contributed by atoms with E-state index >= 15 is 0 Å². The zero-order valence-corrected chi connectivity index (χ0v) is 14.7. The second-order valence-corrected chi connectivity index (χ2v) is 5.96. The van der Waals surface area contributed by atoms with Crippen LogP contribution in [0.4, 0.5) is 4.39 Å². The molecule has 0 bridgehead atoms. The van der Waals surface area contributed by atoms with E-state index in [1.54, 1.807) is 12.1 Å². The second-order valence-electron chi connectivity index (χ2n) is 5.96. The normalized spacial score (nSPS) is 12.4. The van der Waals surface area contributed by atoms with Gasteiger partial charge in [0.05, 0.1) is 13.2 Å². The average molecular weight is 342 g/mol. The van der Waals surface area contributed by atoms with Gasteiger partial charge in [0, 0.05) is 12.6 Å². The molecule has 0 aliphatic carbocycles. The van der Waals surface area contributed by atoms with Crippen LogP contribution in [-0.2, 0) is 4.79 Å². The number of nitrogens with zero attached hydrogens (tertiary/aromatic N) is 1. The van der Waals surface area contributed by atoms with Crippen LogP contribution in [0.25, 0.3) is 6.08 Å². The van der Waals surface area contributed by atoms with Gasteiger partial charge in [-0.3, -0.25) is 4.79 Å². The summed E-state index contributed by atoms with van der Waals surface area (Å²) in [7, 11) is 5.33. The van der Waals surface area contributed by atoms with Gasteiger partial charge in [-0.15, -0.1) is 0 Å². The van der Waals surface area contributed by atoms with E-state index in [0.29, 0.717) is 12.1 Å². The number of carbonyl (C=O) groups is 1. The van der Waals surface area contributed by atoms with Crippen LogP contribution < -0.4 is 10.1 Å². The Morgan fingerprint density at radius 2 is 1.96 bits per heavy atom. The third-order valence-corrected chi connectivity index (χ3v) is 3.67. The van der Waals surface area contributed by atoms with E-state index in [9.17, 15) is 9.18 Å². The molecular formula is C20H23FN2O2. The number of methoxy groups -OCH3 is 1. The number of likely N-dealkylation sites (N-methyl/N-ethyl adjacent to an activating group) is 1. The van der Waals surface area contributed by atoms with Gasteiger partial charge in [0.1, 0.15) is 0 Å². The van der Waals surface area contributed by atoms with Crippen LogP contribution in [-0.4, -0.2) is 38.6 Å². The lowest BCUT2D eigenvalue weighted by Gasteiger charge is -2.22. The molecule has 0 aliphatic rings. The molecule has 2 aromatic rings. The Hall–Kier alpha value is -2.66. The Labute approximate surface area is 147 Å². The van der Waals surface area contributed by atoms with Crippen molar-refractivity contribution in [3.8, 4) is 5.75 Å². The van der Waals surface area contributed by atoms with Gasteiger partial charge >= 0.3 is 0 Å². The van der Waals surface area contributed by atoms with Crippen molar-refractivity contribution in [1.82, 2.24) is 10.2 Å². The van der Waals surface area contributed by atoms with Crippen molar-refractivity contribution in [2.45, 2.75) is 6.04 Å². The monoisotopic (exact) mass is 342 g/mol.